The molecule has 1 aromatic carbocycles. The van der Waals surface area contributed by atoms with E-state index in [0.29, 0.717) is 12.1 Å². The van der Waals surface area contributed by atoms with Crippen LogP contribution in [0.3, 0.4) is 0 Å². The number of carbonyl (C=O) groups is 1. The molecule has 127 valence electrons. The van der Waals surface area contributed by atoms with E-state index in [-0.39, 0.29) is 21.7 Å². The first-order valence-corrected chi connectivity index (χ1v) is 10.4. The molecule has 1 radical (unpaired) electrons. The molecule has 1 amide bonds. The van der Waals surface area contributed by atoms with Gasteiger partial charge >= 0.3 is 150 Å². The first-order chi connectivity index (χ1) is 11.6. The number of amides is 1. The van der Waals surface area contributed by atoms with Crippen LogP contribution in [0, 0.1) is 0 Å². The quantitative estimate of drug-likeness (QED) is 0.518. The van der Waals surface area contributed by atoms with Gasteiger partial charge in [-0.05, 0) is 0 Å². The summed E-state index contributed by atoms with van der Waals surface area (Å²) in [5.74, 6) is 0.918. The van der Waals surface area contributed by atoms with Gasteiger partial charge < -0.3 is 0 Å². The van der Waals surface area contributed by atoms with Gasteiger partial charge in [0.1, 0.15) is 0 Å². The van der Waals surface area contributed by atoms with Crippen LogP contribution in [0.25, 0.3) is 0 Å². The second-order valence-electron chi connectivity index (χ2n) is 5.74. The Morgan fingerprint density at radius 1 is 1.21 bits per heavy atom. The Morgan fingerprint density at radius 3 is 2.75 bits per heavy atom. The molecule has 0 fully saturated rings. The summed E-state index contributed by atoms with van der Waals surface area (Å²) in [5.41, 5.74) is 0.707. The summed E-state index contributed by atoms with van der Waals surface area (Å²) in [6, 6.07) is 11.3. The van der Waals surface area contributed by atoms with Crippen LogP contribution < -0.4 is 9.80 Å². The van der Waals surface area contributed by atoms with Crippen molar-refractivity contribution in [3.63, 3.8) is 0 Å². The topological polar surface area (TPSA) is 58.1 Å². The van der Waals surface area contributed by atoms with Crippen LogP contribution in [0.1, 0.15) is 22.6 Å². The molecule has 1 N–H and O–H groups in total. The van der Waals surface area contributed by atoms with Gasteiger partial charge in [-0.25, -0.2) is 0 Å². The summed E-state index contributed by atoms with van der Waals surface area (Å²) in [6.45, 7) is 1.74. The van der Waals surface area contributed by atoms with E-state index in [9.17, 15) is 4.79 Å². The molecule has 2 rings (SSSR count). The third-order valence-electron chi connectivity index (χ3n) is 3.40. The second kappa shape index (κ2) is 10.2. The Bertz CT molecular complexity index is 634. The Labute approximate surface area is 150 Å². The minimum atomic E-state index is -0.0430. The molecule has 1 aromatic heterocycles. The SMILES string of the molecule is CN(C)CCCc1nccc([As]CCNC(=O)c2ccccc2)n1. The van der Waals surface area contributed by atoms with Crippen molar-refractivity contribution in [1.82, 2.24) is 20.2 Å². The number of nitrogens with one attached hydrogen (secondary N) is 1. The fraction of sp³-hybridized carbons (Fsp3) is 0.389. The van der Waals surface area contributed by atoms with Gasteiger partial charge in [-0.3, -0.25) is 0 Å². The van der Waals surface area contributed by atoms with Crippen LogP contribution in [0.5, 0.6) is 0 Å². The molecule has 2 aromatic rings. The van der Waals surface area contributed by atoms with E-state index in [4.69, 9.17) is 0 Å². The van der Waals surface area contributed by atoms with E-state index in [1.807, 2.05) is 42.6 Å². The molecule has 0 saturated heterocycles. The van der Waals surface area contributed by atoms with Crippen LogP contribution in [-0.4, -0.2) is 63.7 Å². The maximum absolute atomic E-state index is 12.0. The van der Waals surface area contributed by atoms with Crippen molar-refractivity contribution in [2.45, 2.75) is 18.1 Å². The van der Waals surface area contributed by atoms with Crippen molar-refractivity contribution in [3.8, 4) is 0 Å². The first-order valence-electron chi connectivity index (χ1n) is 8.12. The van der Waals surface area contributed by atoms with Crippen LogP contribution >= 0.6 is 0 Å². The molecular weight excluding hydrogens is 363 g/mol. The van der Waals surface area contributed by atoms with E-state index in [1.54, 1.807) is 0 Å². The number of hydrogen-bond acceptors (Lipinski definition) is 4. The monoisotopic (exact) mass is 387 g/mol. The summed E-state index contributed by atoms with van der Waals surface area (Å²) < 4.78 is 1.13. The van der Waals surface area contributed by atoms with E-state index in [0.717, 1.165) is 34.9 Å². The molecule has 0 atom stereocenters. The number of nitrogens with zero attached hydrogens (tertiary/aromatic N) is 3. The zero-order valence-electron chi connectivity index (χ0n) is 14.3. The minimum absolute atomic E-state index is 0.0103. The van der Waals surface area contributed by atoms with Crippen molar-refractivity contribution in [2.24, 2.45) is 0 Å². The van der Waals surface area contributed by atoms with E-state index < -0.39 is 0 Å². The van der Waals surface area contributed by atoms with E-state index >= 15 is 0 Å². The Morgan fingerprint density at radius 2 is 2.00 bits per heavy atom. The Hall–Kier alpha value is -1.71. The van der Waals surface area contributed by atoms with Gasteiger partial charge in [0, 0.05) is 0 Å². The van der Waals surface area contributed by atoms with Crippen LogP contribution in [0.4, 0.5) is 0 Å². The van der Waals surface area contributed by atoms with Crippen molar-refractivity contribution in [2.75, 3.05) is 27.2 Å². The summed E-state index contributed by atoms with van der Waals surface area (Å²) in [7, 11) is 4.15. The fourth-order valence-electron chi connectivity index (χ4n) is 2.18. The standard InChI is InChI=1S/C18H24AsN4O/c1-23(2)14-6-9-17-20-12-10-16(22-17)19-11-13-21-18(24)15-7-4-3-5-8-15/h3-5,7-8,10,12H,6,9,11,13-14H2,1-2H3,(H,21,24). The summed E-state index contributed by atoms with van der Waals surface area (Å²) in [4.78, 5) is 23.1. The summed E-state index contributed by atoms with van der Waals surface area (Å²) in [5, 5.41) is 3.93. The van der Waals surface area contributed by atoms with Gasteiger partial charge in [-0.15, -0.1) is 0 Å². The predicted octanol–water partition coefficient (Wildman–Crippen LogP) is 1.15. The van der Waals surface area contributed by atoms with E-state index in [1.165, 1.54) is 0 Å². The number of hydrogen-bond donors (Lipinski definition) is 1. The molecule has 0 unspecified atom stereocenters. The Balaban J connectivity index is 1.71. The van der Waals surface area contributed by atoms with E-state index in [2.05, 4.69) is 34.3 Å². The number of benzene rings is 1. The van der Waals surface area contributed by atoms with Crippen LogP contribution in [0.2, 0.25) is 5.21 Å². The molecule has 0 aliphatic rings. The molecule has 5 nitrogen and oxygen atoms in total. The molecule has 0 aliphatic heterocycles. The van der Waals surface area contributed by atoms with Crippen molar-refractivity contribution >= 4 is 26.1 Å². The molecule has 0 saturated carbocycles. The number of rotatable bonds is 9. The first kappa shape index (κ1) is 18.6. The number of carbonyl (C=O) groups excluding carboxylic acids is 1. The van der Waals surface area contributed by atoms with Crippen LogP contribution in [-0.2, 0) is 6.42 Å². The van der Waals surface area contributed by atoms with Crippen molar-refractivity contribution < 1.29 is 4.79 Å². The molecule has 0 aliphatic carbocycles. The zero-order valence-corrected chi connectivity index (χ0v) is 16.2. The molecule has 6 heteroatoms. The van der Waals surface area contributed by atoms with Crippen molar-refractivity contribution in [1.29, 1.82) is 0 Å². The van der Waals surface area contributed by atoms with Gasteiger partial charge in [0.25, 0.3) is 0 Å². The number of aryl methyl sites for hydroxylation is 1. The molecule has 1 heterocycles. The fourth-order valence-corrected chi connectivity index (χ4v) is 3.88. The van der Waals surface area contributed by atoms with Gasteiger partial charge in [0.2, 0.25) is 0 Å². The predicted molar refractivity (Wildman–Crippen MR) is 97.9 cm³/mol. The third-order valence-corrected chi connectivity index (χ3v) is 5.54. The third kappa shape index (κ3) is 6.81. The van der Waals surface area contributed by atoms with Crippen molar-refractivity contribution in [3.05, 3.63) is 54.0 Å². The van der Waals surface area contributed by atoms with Gasteiger partial charge in [-0.1, -0.05) is 0 Å². The second-order valence-corrected chi connectivity index (χ2v) is 8.30. The van der Waals surface area contributed by atoms with Gasteiger partial charge in [0.15, 0.2) is 0 Å². The van der Waals surface area contributed by atoms with Gasteiger partial charge in [0.05, 0.1) is 0 Å². The normalized spacial score (nSPS) is 11.3. The average molecular weight is 387 g/mol. The zero-order chi connectivity index (χ0) is 17.2. The molecule has 24 heavy (non-hydrogen) atoms. The van der Waals surface area contributed by atoms with Crippen LogP contribution in [0.15, 0.2) is 42.6 Å². The summed E-state index contributed by atoms with van der Waals surface area (Å²) >= 11 is -0.0430. The van der Waals surface area contributed by atoms with Gasteiger partial charge in [-0.2, -0.15) is 0 Å². The molecule has 0 bridgehead atoms. The number of aromatic nitrogens is 2. The summed E-state index contributed by atoms with van der Waals surface area (Å²) in [6.07, 6.45) is 3.84. The molecular formula is C18H24AsN4O. The average Bonchev–Trinajstić information content (AvgIpc) is 2.59. The maximum atomic E-state index is 12.0. The Kier molecular flexibility index (Phi) is 7.93. The molecule has 0 spiro atoms.